The van der Waals surface area contributed by atoms with E-state index in [0.29, 0.717) is 18.7 Å². The van der Waals surface area contributed by atoms with Gasteiger partial charge in [0.1, 0.15) is 0 Å². The van der Waals surface area contributed by atoms with Gasteiger partial charge in [0.05, 0.1) is 11.0 Å². The van der Waals surface area contributed by atoms with Crippen LogP contribution in [0.15, 0.2) is 11.4 Å². The van der Waals surface area contributed by atoms with Crippen LogP contribution in [0.2, 0.25) is 0 Å². The van der Waals surface area contributed by atoms with E-state index in [0.717, 1.165) is 4.88 Å². The first-order valence-corrected chi connectivity index (χ1v) is 6.55. The molecule has 0 aliphatic carbocycles. The molecule has 1 aromatic heterocycles. The molecule has 0 saturated carbocycles. The fraction of sp³-hybridized carbons (Fsp3) is 0.500. The zero-order valence-corrected chi connectivity index (χ0v) is 11.7. The highest BCUT2D eigenvalue weighted by molar-refractivity contribution is 7.10. The minimum atomic E-state index is -0.460. The second kappa shape index (κ2) is 5.97. The lowest BCUT2D eigenvalue weighted by Crippen LogP contribution is -2.41. The van der Waals surface area contributed by atoms with Crippen LogP contribution in [0.5, 0.6) is 0 Å². The number of carbonyl (C=O) groups excluding carboxylic acids is 2. The number of nitrogens with two attached hydrogens (primary N) is 1. The second-order valence-electron chi connectivity index (χ2n) is 4.73. The molecular formula is C12H19N3O2S. The second-order valence-corrected chi connectivity index (χ2v) is 5.73. The summed E-state index contributed by atoms with van der Waals surface area (Å²) in [5.74, 6) is -0.415. The molecule has 2 amide bonds. The van der Waals surface area contributed by atoms with Crippen LogP contribution in [0.3, 0.4) is 0 Å². The smallest absolute Gasteiger partial charge is 0.249 e. The number of hydrogen-bond donors (Lipinski definition) is 3. The van der Waals surface area contributed by atoms with Crippen molar-refractivity contribution in [3.05, 3.63) is 21.9 Å². The Balaban J connectivity index is 2.46. The highest BCUT2D eigenvalue weighted by Gasteiger charge is 2.25. The molecule has 0 fully saturated rings. The molecule has 1 rings (SSSR count). The lowest BCUT2D eigenvalue weighted by Gasteiger charge is -2.22. The summed E-state index contributed by atoms with van der Waals surface area (Å²) in [7, 11) is 1.63. The third kappa shape index (κ3) is 3.82. The van der Waals surface area contributed by atoms with Crippen molar-refractivity contribution in [2.45, 2.75) is 20.4 Å². The van der Waals surface area contributed by atoms with Gasteiger partial charge in [0, 0.05) is 30.4 Å². The maximum atomic E-state index is 11.6. The Morgan fingerprint density at radius 3 is 2.61 bits per heavy atom. The van der Waals surface area contributed by atoms with Crippen molar-refractivity contribution >= 4 is 23.2 Å². The fourth-order valence-electron chi connectivity index (χ4n) is 1.52. The van der Waals surface area contributed by atoms with Gasteiger partial charge in [-0.25, -0.2) is 0 Å². The van der Waals surface area contributed by atoms with E-state index in [4.69, 9.17) is 5.73 Å². The van der Waals surface area contributed by atoms with Crippen LogP contribution in [0.4, 0.5) is 0 Å². The highest BCUT2D eigenvalue weighted by Crippen LogP contribution is 2.16. The molecule has 6 heteroatoms. The molecular weight excluding hydrogens is 250 g/mol. The van der Waals surface area contributed by atoms with Crippen molar-refractivity contribution in [2.24, 2.45) is 11.1 Å². The third-order valence-corrected chi connectivity index (χ3v) is 3.58. The quantitative estimate of drug-likeness (QED) is 0.711. The highest BCUT2D eigenvalue weighted by atomic mass is 32.1. The molecule has 18 heavy (non-hydrogen) atoms. The number of primary amides is 1. The van der Waals surface area contributed by atoms with Crippen molar-refractivity contribution < 1.29 is 9.59 Å². The largest absolute Gasteiger partial charge is 0.366 e. The van der Waals surface area contributed by atoms with E-state index in [9.17, 15) is 9.59 Å². The fourth-order valence-corrected chi connectivity index (χ4v) is 2.36. The molecule has 1 heterocycles. The standard InChI is InChI=1S/C12H19N3O2S/c1-12(2,11(17)14-3)7-15-5-9-4-8(6-18-9)10(13)16/h4,6,15H,5,7H2,1-3H3,(H2,13,16)(H,14,17). The summed E-state index contributed by atoms with van der Waals surface area (Å²) in [5.41, 5.74) is 5.25. The Kier molecular flexibility index (Phi) is 4.86. The summed E-state index contributed by atoms with van der Waals surface area (Å²) < 4.78 is 0. The minimum Gasteiger partial charge on any atom is -0.366 e. The van der Waals surface area contributed by atoms with Crippen LogP contribution < -0.4 is 16.4 Å². The van der Waals surface area contributed by atoms with Gasteiger partial charge in [0.25, 0.3) is 0 Å². The van der Waals surface area contributed by atoms with Gasteiger partial charge in [-0.3, -0.25) is 9.59 Å². The van der Waals surface area contributed by atoms with Crippen LogP contribution in [0.25, 0.3) is 0 Å². The van der Waals surface area contributed by atoms with Gasteiger partial charge in [-0.2, -0.15) is 0 Å². The summed E-state index contributed by atoms with van der Waals surface area (Å²) in [6.45, 7) is 4.94. The van der Waals surface area contributed by atoms with Gasteiger partial charge in [-0.1, -0.05) is 0 Å². The molecule has 5 nitrogen and oxygen atoms in total. The number of amides is 2. The molecule has 0 bridgehead atoms. The normalized spacial score (nSPS) is 11.3. The van der Waals surface area contributed by atoms with Crippen molar-refractivity contribution in [3.8, 4) is 0 Å². The first-order chi connectivity index (χ1) is 8.36. The molecule has 0 atom stereocenters. The van der Waals surface area contributed by atoms with Gasteiger partial charge in [-0.15, -0.1) is 11.3 Å². The third-order valence-electron chi connectivity index (χ3n) is 2.65. The molecule has 0 unspecified atom stereocenters. The van der Waals surface area contributed by atoms with Crippen molar-refractivity contribution in [1.82, 2.24) is 10.6 Å². The number of nitrogens with one attached hydrogen (secondary N) is 2. The van der Waals surface area contributed by atoms with E-state index in [1.807, 2.05) is 13.8 Å². The Hall–Kier alpha value is -1.40. The Morgan fingerprint density at radius 2 is 2.11 bits per heavy atom. The predicted molar refractivity (Wildman–Crippen MR) is 72.4 cm³/mol. The Labute approximate surface area is 111 Å². The van der Waals surface area contributed by atoms with E-state index in [1.165, 1.54) is 11.3 Å². The first kappa shape index (κ1) is 14.7. The van der Waals surface area contributed by atoms with Crippen molar-refractivity contribution in [2.75, 3.05) is 13.6 Å². The number of carbonyl (C=O) groups is 2. The SMILES string of the molecule is CNC(=O)C(C)(C)CNCc1cc(C(N)=O)cs1. The molecule has 1 aromatic rings. The van der Waals surface area contributed by atoms with Gasteiger partial charge in [0.2, 0.25) is 11.8 Å². The van der Waals surface area contributed by atoms with Gasteiger partial charge < -0.3 is 16.4 Å². The summed E-state index contributed by atoms with van der Waals surface area (Å²) in [6.07, 6.45) is 0. The monoisotopic (exact) mass is 269 g/mol. The lowest BCUT2D eigenvalue weighted by molar-refractivity contribution is -0.128. The zero-order valence-electron chi connectivity index (χ0n) is 10.9. The topological polar surface area (TPSA) is 84.2 Å². The predicted octanol–water partition coefficient (Wildman–Crippen LogP) is 0.709. The molecule has 0 aliphatic rings. The van der Waals surface area contributed by atoms with Gasteiger partial charge in [-0.05, 0) is 19.9 Å². The average molecular weight is 269 g/mol. The summed E-state index contributed by atoms with van der Waals surface area (Å²) in [6, 6.07) is 1.77. The Bertz CT molecular complexity index is 440. The molecule has 0 aromatic carbocycles. The molecule has 0 aliphatic heterocycles. The molecule has 100 valence electrons. The molecule has 0 spiro atoms. The van der Waals surface area contributed by atoms with Crippen LogP contribution in [0.1, 0.15) is 29.1 Å². The van der Waals surface area contributed by atoms with Crippen molar-refractivity contribution in [1.29, 1.82) is 0 Å². The number of rotatable bonds is 6. The first-order valence-electron chi connectivity index (χ1n) is 5.67. The average Bonchev–Trinajstić information content (AvgIpc) is 2.76. The van der Waals surface area contributed by atoms with E-state index in [1.54, 1.807) is 18.5 Å². The van der Waals surface area contributed by atoms with E-state index in [-0.39, 0.29) is 5.91 Å². The maximum Gasteiger partial charge on any atom is 0.249 e. The minimum absolute atomic E-state index is 0.000922. The summed E-state index contributed by atoms with van der Waals surface area (Å²) in [5, 5.41) is 7.58. The van der Waals surface area contributed by atoms with E-state index >= 15 is 0 Å². The summed E-state index contributed by atoms with van der Waals surface area (Å²) >= 11 is 1.48. The van der Waals surface area contributed by atoms with Gasteiger partial charge >= 0.3 is 0 Å². The van der Waals surface area contributed by atoms with Crippen LogP contribution >= 0.6 is 11.3 Å². The van der Waals surface area contributed by atoms with E-state index in [2.05, 4.69) is 10.6 Å². The van der Waals surface area contributed by atoms with Crippen LogP contribution in [-0.4, -0.2) is 25.4 Å². The van der Waals surface area contributed by atoms with E-state index < -0.39 is 11.3 Å². The van der Waals surface area contributed by atoms with Gasteiger partial charge in [0.15, 0.2) is 0 Å². The molecule has 0 saturated heterocycles. The number of hydrogen-bond acceptors (Lipinski definition) is 4. The van der Waals surface area contributed by atoms with Crippen LogP contribution in [0, 0.1) is 5.41 Å². The Morgan fingerprint density at radius 1 is 1.44 bits per heavy atom. The van der Waals surface area contributed by atoms with Crippen LogP contribution in [-0.2, 0) is 11.3 Å². The zero-order chi connectivity index (χ0) is 13.8. The maximum absolute atomic E-state index is 11.6. The molecule has 0 radical (unpaired) electrons. The summed E-state index contributed by atoms with van der Waals surface area (Å²) in [4.78, 5) is 23.5. The van der Waals surface area contributed by atoms with Crippen molar-refractivity contribution in [3.63, 3.8) is 0 Å². The number of thiophene rings is 1. The lowest BCUT2D eigenvalue weighted by atomic mass is 9.92. The molecule has 4 N–H and O–H groups in total.